The lowest BCUT2D eigenvalue weighted by Crippen LogP contribution is -2.04. The number of thioether (sulfide) groups is 1. The number of nitrogens with zero attached hydrogens (tertiary/aromatic N) is 3. The van der Waals surface area contributed by atoms with Crippen molar-refractivity contribution in [2.45, 2.75) is 25.0 Å². The van der Waals surface area contributed by atoms with Crippen LogP contribution in [0.25, 0.3) is 0 Å². The molecule has 0 saturated carbocycles. The normalized spacial score (nSPS) is 10.6. The number of halogens is 1. The molecular weight excluding hydrogens is 330 g/mol. The molecule has 0 bridgehead atoms. The Morgan fingerprint density at radius 1 is 1.45 bits per heavy atom. The highest BCUT2D eigenvalue weighted by molar-refractivity contribution is 7.99. The van der Waals surface area contributed by atoms with Gasteiger partial charge in [-0.05, 0) is 12.5 Å². The molecule has 7 nitrogen and oxygen atoms in total. The SMILES string of the molecule is CCCc1nnc(SCC(=O)c2cc([N+](=O)[O-])ccc2Cl)o1. The quantitative estimate of drug-likeness (QED) is 0.328. The Morgan fingerprint density at radius 2 is 2.23 bits per heavy atom. The van der Waals surface area contributed by atoms with Gasteiger partial charge in [0.15, 0.2) is 5.78 Å². The summed E-state index contributed by atoms with van der Waals surface area (Å²) in [5.74, 6) is 0.189. The molecule has 0 saturated heterocycles. The van der Waals surface area contributed by atoms with Gasteiger partial charge in [0.05, 0.1) is 15.7 Å². The first-order valence-electron chi connectivity index (χ1n) is 6.43. The Labute approximate surface area is 135 Å². The van der Waals surface area contributed by atoms with Crippen molar-refractivity contribution in [2.75, 3.05) is 5.75 Å². The fraction of sp³-hybridized carbons (Fsp3) is 0.308. The third-order valence-corrected chi connectivity index (χ3v) is 3.85. The molecule has 9 heteroatoms. The Hall–Kier alpha value is -1.93. The molecular formula is C13H12ClN3O4S. The molecule has 0 aliphatic rings. The minimum atomic E-state index is -0.574. The van der Waals surface area contributed by atoms with Crippen LogP contribution in [0.5, 0.6) is 0 Å². The maximum absolute atomic E-state index is 12.1. The number of ketones is 1. The maximum Gasteiger partial charge on any atom is 0.277 e. The van der Waals surface area contributed by atoms with Gasteiger partial charge in [0.1, 0.15) is 0 Å². The Morgan fingerprint density at radius 3 is 2.91 bits per heavy atom. The minimum Gasteiger partial charge on any atom is -0.416 e. The summed E-state index contributed by atoms with van der Waals surface area (Å²) >= 11 is 6.99. The Balaban J connectivity index is 2.05. The van der Waals surface area contributed by atoms with Gasteiger partial charge < -0.3 is 4.42 Å². The van der Waals surface area contributed by atoms with E-state index in [2.05, 4.69) is 10.2 Å². The van der Waals surface area contributed by atoms with Crippen LogP contribution < -0.4 is 0 Å². The highest BCUT2D eigenvalue weighted by Crippen LogP contribution is 2.25. The fourth-order valence-electron chi connectivity index (χ4n) is 1.66. The van der Waals surface area contributed by atoms with Crippen LogP contribution >= 0.6 is 23.4 Å². The van der Waals surface area contributed by atoms with Crippen LogP contribution in [0.4, 0.5) is 5.69 Å². The van der Waals surface area contributed by atoms with E-state index in [9.17, 15) is 14.9 Å². The molecule has 2 aromatic rings. The molecule has 1 aromatic carbocycles. The number of hydrogen-bond acceptors (Lipinski definition) is 7. The predicted octanol–water partition coefficient (Wildman–Crippen LogP) is 3.56. The van der Waals surface area contributed by atoms with Crippen LogP contribution in [0.3, 0.4) is 0 Å². The zero-order valence-electron chi connectivity index (χ0n) is 11.6. The van der Waals surface area contributed by atoms with E-state index < -0.39 is 4.92 Å². The number of Topliss-reactive ketones (excluding diaryl/α,β-unsaturated/α-hetero) is 1. The van der Waals surface area contributed by atoms with Crippen LogP contribution in [-0.4, -0.2) is 26.7 Å². The van der Waals surface area contributed by atoms with Crippen molar-refractivity contribution in [2.24, 2.45) is 0 Å². The summed E-state index contributed by atoms with van der Waals surface area (Å²) in [6, 6.07) is 3.76. The molecule has 2 rings (SSSR count). The standard InChI is InChI=1S/C13H12ClN3O4S/c1-2-3-12-15-16-13(21-12)22-7-11(18)9-6-8(17(19)20)4-5-10(9)14/h4-6H,2-3,7H2,1H3. The molecule has 22 heavy (non-hydrogen) atoms. The van der Waals surface area contributed by atoms with Crippen molar-refractivity contribution in [3.05, 3.63) is 44.8 Å². The molecule has 0 N–H and O–H groups in total. The second kappa shape index (κ2) is 7.37. The third kappa shape index (κ3) is 4.05. The van der Waals surface area contributed by atoms with Crippen LogP contribution in [0.15, 0.2) is 27.8 Å². The topological polar surface area (TPSA) is 99.1 Å². The summed E-state index contributed by atoms with van der Waals surface area (Å²) in [4.78, 5) is 22.3. The Bertz CT molecular complexity index is 704. The van der Waals surface area contributed by atoms with E-state index in [0.29, 0.717) is 17.5 Å². The lowest BCUT2D eigenvalue weighted by molar-refractivity contribution is -0.384. The highest BCUT2D eigenvalue weighted by atomic mass is 35.5. The van der Waals surface area contributed by atoms with Gasteiger partial charge in [0.2, 0.25) is 5.89 Å². The van der Waals surface area contributed by atoms with Crippen LogP contribution in [0, 0.1) is 10.1 Å². The first kappa shape index (κ1) is 16.4. The smallest absolute Gasteiger partial charge is 0.277 e. The lowest BCUT2D eigenvalue weighted by Gasteiger charge is -2.02. The monoisotopic (exact) mass is 341 g/mol. The van der Waals surface area contributed by atoms with Gasteiger partial charge in [-0.3, -0.25) is 14.9 Å². The molecule has 1 aromatic heterocycles. The van der Waals surface area contributed by atoms with Crippen molar-refractivity contribution in [1.29, 1.82) is 0 Å². The predicted molar refractivity (Wildman–Crippen MR) is 81.5 cm³/mol. The highest BCUT2D eigenvalue weighted by Gasteiger charge is 2.17. The number of non-ortho nitro benzene ring substituents is 1. The van der Waals surface area contributed by atoms with Gasteiger partial charge in [0.25, 0.3) is 10.9 Å². The van der Waals surface area contributed by atoms with Crippen molar-refractivity contribution in [3.8, 4) is 0 Å². The summed E-state index contributed by atoms with van der Waals surface area (Å²) in [6.07, 6.45) is 1.56. The average molecular weight is 342 g/mol. The second-order valence-electron chi connectivity index (χ2n) is 4.34. The van der Waals surface area contributed by atoms with E-state index in [4.69, 9.17) is 16.0 Å². The van der Waals surface area contributed by atoms with Gasteiger partial charge in [-0.15, -0.1) is 10.2 Å². The number of nitro benzene ring substituents is 1. The largest absolute Gasteiger partial charge is 0.416 e. The first-order chi connectivity index (χ1) is 10.5. The van der Waals surface area contributed by atoms with Gasteiger partial charge >= 0.3 is 0 Å². The van der Waals surface area contributed by atoms with E-state index in [1.165, 1.54) is 18.2 Å². The molecule has 0 atom stereocenters. The van der Waals surface area contributed by atoms with Crippen molar-refractivity contribution < 1.29 is 14.1 Å². The summed E-state index contributed by atoms with van der Waals surface area (Å²) in [6.45, 7) is 1.99. The van der Waals surface area contributed by atoms with Gasteiger partial charge in [-0.1, -0.05) is 30.3 Å². The van der Waals surface area contributed by atoms with Gasteiger partial charge in [-0.25, -0.2) is 0 Å². The molecule has 0 amide bonds. The van der Waals surface area contributed by atoms with E-state index >= 15 is 0 Å². The Kier molecular flexibility index (Phi) is 5.51. The summed E-state index contributed by atoms with van der Waals surface area (Å²) in [5, 5.41) is 18.9. The molecule has 0 aliphatic carbocycles. The molecule has 0 spiro atoms. The van der Waals surface area contributed by atoms with Crippen LogP contribution in [0.2, 0.25) is 5.02 Å². The average Bonchev–Trinajstić information content (AvgIpc) is 2.93. The molecule has 116 valence electrons. The minimum absolute atomic E-state index is 0.00858. The van der Waals surface area contributed by atoms with Crippen molar-refractivity contribution in [3.63, 3.8) is 0 Å². The molecule has 0 radical (unpaired) electrons. The number of carbonyl (C=O) groups excluding carboxylic acids is 1. The summed E-state index contributed by atoms with van der Waals surface area (Å²) in [5.41, 5.74) is -0.0718. The van der Waals surface area contributed by atoms with E-state index in [0.717, 1.165) is 18.2 Å². The van der Waals surface area contributed by atoms with Crippen molar-refractivity contribution >= 4 is 34.8 Å². The number of benzene rings is 1. The van der Waals surface area contributed by atoms with E-state index in [-0.39, 0.29) is 27.8 Å². The summed E-state index contributed by atoms with van der Waals surface area (Å²) in [7, 11) is 0. The van der Waals surface area contributed by atoms with Gasteiger partial charge in [-0.2, -0.15) is 0 Å². The molecule has 0 unspecified atom stereocenters. The van der Waals surface area contributed by atoms with E-state index in [1.807, 2.05) is 6.92 Å². The third-order valence-electron chi connectivity index (χ3n) is 2.70. The molecule has 0 aliphatic heterocycles. The lowest BCUT2D eigenvalue weighted by atomic mass is 10.1. The zero-order valence-corrected chi connectivity index (χ0v) is 13.2. The van der Waals surface area contributed by atoms with Crippen molar-refractivity contribution in [1.82, 2.24) is 10.2 Å². The zero-order chi connectivity index (χ0) is 16.1. The number of aromatic nitrogens is 2. The molecule has 1 heterocycles. The number of aryl methyl sites for hydroxylation is 1. The number of carbonyl (C=O) groups is 1. The fourth-order valence-corrected chi connectivity index (χ4v) is 2.54. The first-order valence-corrected chi connectivity index (χ1v) is 7.80. The number of hydrogen-bond donors (Lipinski definition) is 0. The molecule has 0 fully saturated rings. The van der Waals surface area contributed by atoms with Gasteiger partial charge in [0, 0.05) is 24.1 Å². The maximum atomic E-state index is 12.1. The number of nitro groups is 1. The number of rotatable bonds is 7. The van der Waals surface area contributed by atoms with Crippen LogP contribution in [-0.2, 0) is 6.42 Å². The van der Waals surface area contributed by atoms with E-state index in [1.54, 1.807) is 0 Å². The second-order valence-corrected chi connectivity index (χ2v) is 5.68. The summed E-state index contributed by atoms with van der Waals surface area (Å²) < 4.78 is 5.35. The van der Waals surface area contributed by atoms with Crippen LogP contribution in [0.1, 0.15) is 29.6 Å².